The maximum atomic E-state index is 12.5. The smallest absolute Gasteiger partial charge is 0.222 e. The maximum Gasteiger partial charge on any atom is 0.222 e. The molecule has 2 heterocycles. The van der Waals surface area contributed by atoms with Gasteiger partial charge in [-0.3, -0.25) is 4.79 Å². The number of ether oxygens (including phenoxy) is 3. The highest BCUT2D eigenvalue weighted by Gasteiger charge is 2.50. The van der Waals surface area contributed by atoms with Crippen LogP contribution in [0.4, 0.5) is 0 Å². The lowest BCUT2D eigenvalue weighted by Crippen LogP contribution is -2.66. The fourth-order valence-corrected chi connectivity index (χ4v) is 5.95. The normalized spacial score (nSPS) is 32.5. The molecule has 0 radical (unpaired) electrons. The van der Waals surface area contributed by atoms with Gasteiger partial charge < -0.3 is 55.3 Å². The molecule has 0 bridgehead atoms. The van der Waals surface area contributed by atoms with Gasteiger partial charge >= 0.3 is 0 Å². The Morgan fingerprint density at radius 1 is 0.591 bits per heavy atom. The SMILES string of the molecule is CCCCCCCCCCCCCCCCCCCC(=O)N[C@@H]1O[C@H](CO)[C@@H](O[C@@H]2O[C@H](CO)[C@H](O)[C@H](O)[C@H]2O)[C@H](O)[C@H]1O. The van der Waals surface area contributed by atoms with Crippen LogP contribution in [0, 0.1) is 0 Å². The molecule has 44 heavy (non-hydrogen) atoms. The Morgan fingerprint density at radius 3 is 1.55 bits per heavy atom. The summed E-state index contributed by atoms with van der Waals surface area (Å²) in [6.45, 7) is 0.925. The molecular weight excluding hydrogens is 574 g/mol. The highest BCUT2D eigenvalue weighted by atomic mass is 16.7. The minimum absolute atomic E-state index is 0.232. The Labute approximate surface area is 263 Å². The molecule has 12 nitrogen and oxygen atoms in total. The van der Waals surface area contributed by atoms with Crippen LogP contribution >= 0.6 is 0 Å². The van der Waals surface area contributed by atoms with Crippen molar-refractivity contribution in [2.75, 3.05) is 13.2 Å². The molecule has 2 aliphatic rings. The first-order valence-corrected chi connectivity index (χ1v) is 17.1. The van der Waals surface area contributed by atoms with E-state index in [1.165, 1.54) is 83.5 Å². The number of unbranched alkanes of at least 4 members (excludes halogenated alkanes) is 16. The lowest BCUT2D eigenvalue weighted by atomic mass is 9.96. The molecule has 0 aromatic rings. The Bertz CT molecular complexity index is 743. The molecule has 10 atom stereocenters. The van der Waals surface area contributed by atoms with Crippen LogP contribution in [0.15, 0.2) is 0 Å². The second kappa shape index (κ2) is 22.6. The summed E-state index contributed by atoms with van der Waals surface area (Å²) >= 11 is 0. The third-order valence-electron chi connectivity index (χ3n) is 8.81. The topological polar surface area (TPSA) is 198 Å². The number of hydrogen-bond donors (Lipinski definition) is 8. The van der Waals surface area contributed by atoms with Gasteiger partial charge in [0.25, 0.3) is 0 Å². The van der Waals surface area contributed by atoms with Crippen molar-refractivity contribution >= 4 is 5.91 Å². The molecule has 0 unspecified atom stereocenters. The fourth-order valence-electron chi connectivity index (χ4n) is 5.95. The summed E-state index contributed by atoms with van der Waals surface area (Å²) in [5.74, 6) is -0.354. The van der Waals surface area contributed by atoms with Crippen molar-refractivity contribution in [2.45, 2.75) is 184 Å². The van der Waals surface area contributed by atoms with Gasteiger partial charge in [-0.25, -0.2) is 0 Å². The second-order valence-electron chi connectivity index (χ2n) is 12.5. The van der Waals surface area contributed by atoms with E-state index in [2.05, 4.69) is 12.2 Å². The fraction of sp³-hybridized carbons (Fsp3) is 0.969. The quantitative estimate of drug-likeness (QED) is 0.0762. The van der Waals surface area contributed by atoms with Crippen molar-refractivity contribution in [3.63, 3.8) is 0 Å². The number of aliphatic hydroxyl groups is 7. The average molecular weight is 636 g/mol. The van der Waals surface area contributed by atoms with Gasteiger partial charge in [-0.1, -0.05) is 110 Å². The van der Waals surface area contributed by atoms with Crippen LogP contribution in [0.1, 0.15) is 122 Å². The predicted molar refractivity (Wildman–Crippen MR) is 163 cm³/mol. The Balaban J connectivity index is 1.57. The lowest BCUT2D eigenvalue weighted by molar-refractivity contribution is -0.343. The van der Waals surface area contributed by atoms with Crippen molar-refractivity contribution in [1.29, 1.82) is 0 Å². The summed E-state index contributed by atoms with van der Waals surface area (Å²) in [5, 5.41) is 73.2. The van der Waals surface area contributed by atoms with E-state index in [0.717, 1.165) is 19.3 Å². The maximum absolute atomic E-state index is 12.5. The van der Waals surface area contributed by atoms with Gasteiger partial charge in [-0.2, -0.15) is 0 Å². The second-order valence-corrected chi connectivity index (χ2v) is 12.5. The number of amides is 1. The number of hydrogen-bond acceptors (Lipinski definition) is 11. The molecule has 2 aliphatic heterocycles. The van der Waals surface area contributed by atoms with Crippen molar-refractivity contribution < 1.29 is 54.8 Å². The summed E-state index contributed by atoms with van der Waals surface area (Å²) < 4.78 is 16.4. The first kappa shape index (κ1) is 39.2. The number of carbonyl (C=O) groups is 1. The van der Waals surface area contributed by atoms with Crippen molar-refractivity contribution in [2.24, 2.45) is 0 Å². The lowest BCUT2D eigenvalue weighted by Gasteiger charge is -2.46. The summed E-state index contributed by atoms with van der Waals surface area (Å²) in [6, 6.07) is 0. The minimum Gasteiger partial charge on any atom is -0.394 e. The number of carbonyl (C=O) groups excluding carboxylic acids is 1. The molecule has 12 heteroatoms. The standard InChI is InChI=1S/C32H61NO11/c1-2-3-4-5-6-7-8-9-10-11-12-13-14-15-16-17-18-19-24(36)33-31-28(40)27(39)30(23(21-35)42-31)44-32-29(41)26(38)25(37)22(20-34)43-32/h22-23,25-32,34-35,37-41H,2-21H2,1H3,(H,33,36)/t22-,23-,25+,26+,27-,28-,29-,30-,31-,32+/m1/s1. The van der Waals surface area contributed by atoms with Crippen molar-refractivity contribution in [3.05, 3.63) is 0 Å². The number of rotatable bonds is 23. The van der Waals surface area contributed by atoms with Crippen LogP contribution in [-0.4, -0.2) is 116 Å². The van der Waals surface area contributed by atoms with Gasteiger partial charge in [-0.05, 0) is 6.42 Å². The van der Waals surface area contributed by atoms with Crippen molar-refractivity contribution in [3.8, 4) is 0 Å². The van der Waals surface area contributed by atoms with Crippen LogP contribution in [0.5, 0.6) is 0 Å². The zero-order valence-corrected chi connectivity index (χ0v) is 26.7. The van der Waals surface area contributed by atoms with Crippen LogP contribution in [0.25, 0.3) is 0 Å². The van der Waals surface area contributed by atoms with Crippen molar-refractivity contribution in [1.82, 2.24) is 5.32 Å². The van der Waals surface area contributed by atoms with Gasteiger partial charge in [0.2, 0.25) is 5.91 Å². The zero-order chi connectivity index (χ0) is 32.3. The van der Waals surface area contributed by atoms with Crippen LogP contribution in [0.3, 0.4) is 0 Å². The molecule has 0 spiro atoms. The Kier molecular flexibility index (Phi) is 20.1. The van der Waals surface area contributed by atoms with E-state index in [-0.39, 0.29) is 12.3 Å². The van der Waals surface area contributed by atoms with Gasteiger partial charge in [0.05, 0.1) is 13.2 Å². The highest BCUT2D eigenvalue weighted by Crippen LogP contribution is 2.28. The molecule has 0 aromatic heterocycles. The summed E-state index contributed by atoms with van der Waals surface area (Å²) in [7, 11) is 0. The summed E-state index contributed by atoms with van der Waals surface area (Å²) in [4.78, 5) is 12.5. The molecule has 2 rings (SSSR count). The van der Waals surface area contributed by atoms with E-state index in [1.54, 1.807) is 0 Å². The van der Waals surface area contributed by atoms with E-state index in [4.69, 9.17) is 14.2 Å². The molecule has 0 aliphatic carbocycles. The van der Waals surface area contributed by atoms with E-state index >= 15 is 0 Å². The highest BCUT2D eigenvalue weighted by molar-refractivity contribution is 5.76. The summed E-state index contributed by atoms with van der Waals surface area (Å²) in [5.41, 5.74) is 0. The monoisotopic (exact) mass is 635 g/mol. The predicted octanol–water partition coefficient (Wildman–Crippen LogP) is 1.77. The largest absolute Gasteiger partial charge is 0.394 e. The molecule has 2 fully saturated rings. The first-order chi connectivity index (χ1) is 21.2. The van der Waals surface area contributed by atoms with E-state index in [0.29, 0.717) is 6.42 Å². The zero-order valence-electron chi connectivity index (χ0n) is 26.7. The van der Waals surface area contributed by atoms with Gasteiger partial charge in [-0.15, -0.1) is 0 Å². The third-order valence-corrected chi connectivity index (χ3v) is 8.81. The molecule has 0 aromatic carbocycles. The van der Waals surface area contributed by atoms with E-state index in [1.807, 2.05) is 0 Å². The average Bonchev–Trinajstić information content (AvgIpc) is 3.02. The van der Waals surface area contributed by atoms with Crippen LogP contribution in [-0.2, 0) is 19.0 Å². The molecule has 260 valence electrons. The van der Waals surface area contributed by atoms with Crippen LogP contribution in [0.2, 0.25) is 0 Å². The Hall–Kier alpha value is -0.930. The Morgan fingerprint density at radius 2 is 1.07 bits per heavy atom. The molecular formula is C32H61NO11. The molecule has 1 amide bonds. The number of nitrogens with one attached hydrogen (secondary N) is 1. The molecule has 2 saturated heterocycles. The summed E-state index contributed by atoms with van der Waals surface area (Å²) in [6.07, 6.45) is 6.31. The van der Waals surface area contributed by atoms with E-state index < -0.39 is 74.6 Å². The molecule has 8 N–H and O–H groups in total. The number of aliphatic hydroxyl groups excluding tert-OH is 7. The molecule has 0 saturated carbocycles. The van der Waals surface area contributed by atoms with Gasteiger partial charge in [0, 0.05) is 6.42 Å². The first-order valence-electron chi connectivity index (χ1n) is 17.1. The van der Waals surface area contributed by atoms with Gasteiger partial charge in [0.1, 0.15) is 48.8 Å². The minimum atomic E-state index is -1.74. The van der Waals surface area contributed by atoms with Gasteiger partial charge in [0.15, 0.2) is 12.5 Å². The van der Waals surface area contributed by atoms with E-state index in [9.17, 15) is 40.5 Å². The third kappa shape index (κ3) is 13.4. The van der Waals surface area contributed by atoms with Crippen LogP contribution < -0.4 is 5.32 Å².